The fraction of sp³-hybridized carbons (Fsp3) is 0.714. The summed E-state index contributed by atoms with van der Waals surface area (Å²) in [5.74, 6) is -1.64. The maximum atomic E-state index is 9.05. The van der Waals surface area contributed by atoms with E-state index in [1.165, 1.54) is 0 Å². The summed E-state index contributed by atoms with van der Waals surface area (Å²) in [6, 6.07) is 0. The van der Waals surface area contributed by atoms with Crippen molar-refractivity contribution in [2.45, 2.75) is 32.5 Å². The van der Waals surface area contributed by atoms with Gasteiger partial charge < -0.3 is 10.2 Å². The van der Waals surface area contributed by atoms with Crippen molar-refractivity contribution in [1.29, 1.82) is 0 Å². The van der Waals surface area contributed by atoms with Crippen molar-refractivity contribution in [3.05, 3.63) is 12.2 Å². The molecule has 0 aliphatic heterocycles. The average Bonchev–Trinajstić information content (AvgIpc) is 1.86. The van der Waals surface area contributed by atoms with Crippen LogP contribution in [0.15, 0.2) is 12.2 Å². The molecule has 2 nitrogen and oxygen atoms in total. The van der Waals surface area contributed by atoms with Crippen LogP contribution in [0.5, 0.6) is 0 Å². The van der Waals surface area contributed by atoms with Crippen LogP contribution < -0.4 is 0 Å². The van der Waals surface area contributed by atoms with E-state index in [1.807, 2.05) is 6.92 Å². The first-order valence-electron chi connectivity index (χ1n) is 3.17. The van der Waals surface area contributed by atoms with E-state index < -0.39 is 5.79 Å². The van der Waals surface area contributed by atoms with Crippen molar-refractivity contribution in [2.24, 2.45) is 0 Å². The molecule has 0 saturated carbocycles. The van der Waals surface area contributed by atoms with Gasteiger partial charge in [-0.25, -0.2) is 0 Å². The summed E-state index contributed by atoms with van der Waals surface area (Å²) < 4.78 is 0. The zero-order chi connectivity index (χ0) is 7.49. The standard InChI is InChI=1S/C7H14O2/c1-4-6(3)7(8,9)5-2/h8-9H,3-5H2,1-2H3. The summed E-state index contributed by atoms with van der Waals surface area (Å²) in [6.07, 6.45) is 0.917. The van der Waals surface area contributed by atoms with Gasteiger partial charge in [0.05, 0.1) is 0 Å². The number of hydrogen-bond donors (Lipinski definition) is 2. The normalized spacial score (nSPS) is 11.6. The molecule has 0 heterocycles. The molecule has 0 aromatic heterocycles. The summed E-state index contributed by atoms with van der Waals surface area (Å²) in [7, 11) is 0. The Hall–Kier alpha value is -0.340. The minimum atomic E-state index is -1.64. The molecule has 0 unspecified atom stereocenters. The highest BCUT2D eigenvalue weighted by molar-refractivity contribution is 5.04. The third-order valence-corrected chi connectivity index (χ3v) is 1.49. The Morgan fingerprint density at radius 3 is 2.00 bits per heavy atom. The topological polar surface area (TPSA) is 40.5 Å². The molecule has 2 N–H and O–H groups in total. The predicted molar refractivity (Wildman–Crippen MR) is 36.9 cm³/mol. The Morgan fingerprint density at radius 1 is 1.44 bits per heavy atom. The first-order chi connectivity index (χ1) is 4.04. The second kappa shape index (κ2) is 2.99. The Bertz CT molecular complexity index is 105. The highest BCUT2D eigenvalue weighted by Crippen LogP contribution is 2.17. The minimum Gasteiger partial charge on any atom is -0.362 e. The van der Waals surface area contributed by atoms with E-state index in [4.69, 9.17) is 10.2 Å². The quantitative estimate of drug-likeness (QED) is 0.442. The van der Waals surface area contributed by atoms with Crippen LogP contribution in [-0.4, -0.2) is 16.0 Å². The van der Waals surface area contributed by atoms with E-state index in [2.05, 4.69) is 6.58 Å². The Morgan fingerprint density at radius 2 is 1.89 bits per heavy atom. The molecule has 0 bridgehead atoms. The van der Waals surface area contributed by atoms with Crippen LogP contribution in [0, 0.1) is 0 Å². The van der Waals surface area contributed by atoms with Crippen molar-refractivity contribution < 1.29 is 10.2 Å². The highest BCUT2D eigenvalue weighted by atomic mass is 16.5. The van der Waals surface area contributed by atoms with Crippen LogP contribution >= 0.6 is 0 Å². The smallest absolute Gasteiger partial charge is 0.185 e. The molecule has 0 aliphatic rings. The van der Waals surface area contributed by atoms with E-state index in [0.717, 1.165) is 0 Å². The van der Waals surface area contributed by atoms with Gasteiger partial charge in [-0.05, 0) is 12.0 Å². The zero-order valence-corrected chi connectivity index (χ0v) is 6.02. The average molecular weight is 130 g/mol. The third-order valence-electron chi connectivity index (χ3n) is 1.49. The van der Waals surface area contributed by atoms with Crippen LogP contribution in [0.1, 0.15) is 26.7 Å². The monoisotopic (exact) mass is 130 g/mol. The van der Waals surface area contributed by atoms with Gasteiger partial charge in [-0.2, -0.15) is 0 Å². The first-order valence-corrected chi connectivity index (χ1v) is 3.17. The number of rotatable bonds is 3. The lowest BCUT2D eigenvalue weighted by atomic mass is 10.0. The SMILES string of the molecule is C=C(CC)C(O)(O)CC. The Balaban J connectivity index is 3.97. The lowest BCUT2D eigenvalue weighted by Gasteiger charge is -2.20. The predicted octanol–water partition coefficient (Wildman–Crippen LogP) is 1.04. The molecule has 0 aromatic carbocycles. The molecule has 0 radical (unpaired) electrons. The van der Waals surface area contributed by atoms with Gasteiger partial charge in [-0.1, -0.05) is 20.4 Å². The fourth-order valence-corrected chi connectivity index (χ4v) is 0.533. The minimum absolute atomic E-state index is 0.305. The highest BCUT2D eigenvalue weighted by Gasteiger charge is 2.22. The molecule has 0 atom stereocenters. The lowest BCUT2D eigenvalue weighted by Crippen LogP contribution is -2.28. The van der Waals surface area contributed by atoms with Gasteiger partial charge in [0.15, 0.2) is 5.79 Å². The van der Waals surface area contributed by atoms with Gasteiger partial charge in [0, 0.05) is 6.42 Å². The van der Waals surface area contributed by atoms with Crippen molar-refractivity contribution in [2.75, 3.05) is 0 Å². The lowest BCUT2D eigenvalue weighted by molar-refractivity contribution is -0.130. The van der Waals surface area contributed by atoms with E-state index >= 15 is 0 Å². The van der Waals surface area contributed by atoms with Crippen LogP contribution in [0.2, 0.25) is 0 Å². The van der Waals surface area contributed by atoms with Crippen molar-refractivity contribution in [1.82, 2.24) is 0 Å². The van der Waals surface area contributed by atoms with Gasteiger partial charge in [0.25, 0.3) is 0 Å². The van der Waals surface area contributed by atoms with Crippen molar-refractivity contribution in [3.8, 4) is 0 Å². The molecule has 0 fully saturated rings. The largest absolute Gasteiger partial charge is 0.362 e. The van der Waals surface area contributed by atoms with Gasteiger partial charge in [-0.3, -0.25) is 0 Å². The molecular formula is C7H14O2. The molecule has 2 heteroatoms. The molecule has 9 heavy (non-hydrogen) atoms. The van der Waals surface area contributed by atoms with E-state index in [1.54, 1.807) is 6.92 Å². The summed E-state index contributed by atoms with van der Waals surface area (Å²) in [5, 5.41) is 18.1. The maximum absolute atomic E-state index is 9.05. The van der Waals surface area contributed by atoms with Gasteiger partial charge in [-0.15, -0.1) is 0 Å². The summed E-state index contributed by atoms with van der Waals surface area (Å²) in [6.45, 7) is 7.07. The van der Waals surface area contributed by atoms with Crippen molar-refractivity contribution in [3.63, 3.8) is 0 Å². The van der Waals surface area contributed by atoms with E-state index in [-0.39, 0.29) is 0 Å². The van der Waals surface area contributed by atoms with Gasteiger partial charge >= 0.3 is 0 Å². The van der Waals surface area contributed by atoms with E-state index in [0.29, 0.717) is 18.4 Å². The van der Waals surface area contributed by atoms with Crippen molar-refractivity contribution >= 4 is 0 Å². The van der Waals surface area contributed by atoms with Crippen LogP contribution in [0.25, 0.3) is 0 Å². The van der Waals surface area contributed by atoms with Gasteiger partial charge in [0.2, 0.25) is 0 Å². The molecule has 0 aliphatic carbocycles. The van der Waals surface area contributed by atoms with Gasteiger partial charge in [0.1, 0.15) is 0 Å². The third kappa shape index (κ3) is 2.16. The molecular weight excluding hydrogens is 116 g/mol. The zero-order valence-electron chi connectivity index (χ0n) is 6.02. The molecule has 0 aromatic rings. The Kier molecular flexibility index (Phi) is 2.88. The fourth-order valence-electron chi connectivity index (χ4n) is 0.533. The first kappa shape index (κ1) is 8.66. The summed E-state index contributed by atoms with van der Waals surface area (Å²) in [4.78, 5) is 0. The second-order valence-electron chi connectivity index (χ2n) is 2.13. The van der Waals surface area contributed by atoms with E-state index in [9.17, 15) is 0 Å². The molecule has 54 valence electrons. The van der Waals surface area contributed by atoms with Crippen LogP contribution in [0.3, 0.4) is 0 Å². The molecule has 0 spiro atoms. The van der Waals surface area contributed by atoms with Crippen LogP contribution in [0.4, 0.5) is 0 Å². The maximum Gasteiger partial charge on any atom is 0.185 e. The Labute approximate surface area is 55.8 Å². The second-order valence-corrected chi connectivity index (χ2v) is 2.13. The summed E-state index contributed by atoms with van der Waals surface area (Å²) in [5.41, 5.74) is 0.477. The number of aliphatic hydroxyl groups is 2. The summed E-state index contributed by atoms with van der Waals surface area (Å²) >= 11 is 0. The number of hydrogen-bond acceptors (Lipinski definition) is 2. The molecule has 0 amide bonds. The van der Waals surface area contributed by atoms with Crippen LogP contribution in [-0.2, 0) is 0 Å². The molecule has 0 rings (SSSR count). The molecule has 0 saturated heterocycles.